The molecule has 0 saturated carbocycles. The molecule has 0 radical (unpaired) electrons. The summed E-state index contributed by atoms with van der Waals surface area (Å²) in [6.07, 6.45) is 11.3. The van der Waals surface area contributed by atoms with Gasteiger partial charge in [-0.2, -0.15) is 0 Å². The molecule has 3 atom stereocenters. The highest BCUT2D eigenvalue weighted by molar-refractivity contribution is 7.52. The second-order valence-corrected chi connectivity index (χ2v) is 30.0. The van der Waals surface area contributed by atoms with Crippen molar-refractivity contribution in [3.8, 4) is 0 Å². The Morgan fingerprint density at radius 3 is 0.691 bits per heavy atom. The third-order valence-corrected chi connectivity index (χ3v) is 16.8. The number of hydrogen-bond acceptors (Lipinski definition) is 15. The summed E-state index contributed by atoms with van der Waals surface area (Å²) in [5.41, 5.74) is -0.935. The Labute approximate surface area is 483 Å². The second-order valence-electron chi connectivity index (χ2n) is 21.1. The van der Waals surface area contributed by atoms with E-state index in [9.17, 15) is 46.8 Å². The molecule has 25 nitrogen and oxygen atoms in total. The Kier molecular flexibility index (Phi) is 52.3. The molecule has 0 aliphatic heterocycles. The van der Waals surface area contributed by atoms with Crippen LogP contribution in [-0.2, 0) is 70.5 Å². The average Bonchev–Trinajstić information content (AvgIpc) is 3.35. The SMILES string of the molecule is CCC(C)(C)C(=O)OCCCCCP(=O)(O)O.CCC(C)(C)C(=O)OCCCCP(=O)(O)O.CCC(C)C(=O)OCCCCCCP(=O)(O)O.CCC(C)C(=O)OCCCCCP(=O)(O)O.CCC(C)C(=O)OCCCCP(=O)(O)O. The first kappa shape index (κ1) is 87.9. The van der Waals surface area contributed by atoms with E-state index in [0.29, 0.717) is 96.9 Å². The van der Waals surface area contributed by atoms with Gasteiger partial charge in [0, 0.05) is 30.8 Å². The quantitative estimate of drug-likeness (QED) is 0.0118. The van der Waals surface area contributed by atoms with Gasteiger partial charge in [0.2, 0.25) is 0 Å². The van der Waals surface area contributed by atoms with Gasteiger partial charge in [-0.05, 0) is 137 Å². The van der Waals surface area contributed by atoms with E-state index in [1.54, 1.807) is 6.92 Å². The van der Waals surface area contributed by atoms with Crippen LogP contribution in [0.2, 0.25) is 0 Å². The number of unbranched alkanes of at least 4 members (excludes halogenated alkanes) is 9. The molecule has 0 fully saturated rings. The molecule has 0 aliphatic rings. The van der Waals surface area contributed by atoms with E-state index in [1.807, 2.05) is 76.2 Å². The van der Waals surface area contributed by atoms with Crippen molar-refractivity contribution in [2.45, 2.75) is 205 Å². The highest BCUT2D eigenvalue weighted by Crippen LogP contribution is 2.38. The van der Waals surface area contributed by atoms with E-state index >= 15 is 0 Å². The second kappa shape index (κ2) is 48.2. The lowest BCUT2D eigenvalue weighted by molar-refractivity contribution is -0.155. The maximum atomic E-state index is 11.5. The van der Waals surface area contributed by atoms with Crippen molar-refractivity contribution < 1.29 is 119 Å². The fourth-order valence-electron chi connectivity index (χ4n) is 5.26. The number of carbonyl (C=O) groups excluding carboxylic acids is 5. The van der Waals surface area contributed by atoms with Crippen LogP contribution in [0.1, 0.15) is 205 Å². The zero-order chi connectivity index (χ0) is 64.2. The van der Waals surface area contributed by atoms with Crippen molar-refractivity contribution in [2.24, 2.45) is 28.6 Å². The predicted octanol–water partition coefficient (Wildman–Crippen LogP) is 10.0. The molecule has 0 aromatic carbocycles. The number of carbonyl (C=O) groups is 5. The zero-order valence-electron chi connectivity index (χ0n) is 50.6. The summed E-state index contributed by atoms with van der Waals surface area (Å²) < 4.78 is 77.7. The van der Waals surface area contributed by atoms with Gasteiger partial charge in [-0.15, -0.1) is 0 Å². The van der Waals surface area contributed by atoms with Crippen molar-refractivity contribution in [3.05, 3.63) is 0 Å². The first-order valence-electron chi connectivity index (χ1n) is 28.0. The maximum absolute atomic E-state index is 11.5. The Balaban J connectivity index is -0.000000297. The molecule has 30 heteroatoms. The summed E-state index contributed by atoms with van der Waals surface area (Å²) in [4.78, 5) is 143. The molecule has 0 spiro atoms. The minimum absolute atomic E-state index is 0.0512. The Bertz CT molecular complexity index is 1920. The minimum Gasteiger partial charge on any atom is -0.465 e. The van der Waals surface area contributed by atoms with Gasteiger partial charge in [0.15, 0.2) is 0 Å². The van der Waals surface area contributed by atoms with Gasteiger partial charge in [-0.3, -0.25) is 46.8 Å². The van der Waals surface area contributed by atoms with Crippen LogP contribution in [0.5, 0.6) is 0 Å². The molecule has 81 heavy (non-hydrogen) atoms. The van der Waals surface area contributed by atoms with Crippen molar-refractivity contribution >= 4 is 67.8 Å². The van der Waals surface area contributed by atoms with Crippen LogP contribution in [0.4, 0.5) is 0 Å². The Morgan fingerprint density at radius 1 is 0.321 bits per heavy atom. The van der Waals surface area contributed by atoms with Crippen LogP contribution >= 0.6 is 38.0 Å². The van der Waals surface area contributed by atoms with E-state index in [0.717, 1.165) is 44.9 Å². The highest BCUT2D eigenvalue weighted by Gasteiger charge is 2.28. The topological polar surface area (TPSA) is 419 Å². The molecule has 486 valence electrons. The highest BCUT2D eigenvalue weighted by atomic mass is 31.2. The summed E-state index contributed by atoms with van der Waals surface area (Å²) in [5.74, 6) is -1.30. The summed E-state index contributed by atoms with van der Waals surface area (Å²) in [6.45, 7) is 23.9. The lowest BCUT2D eigenvalue weighted by Gasteiger charge is -2.20. The molecule has 10 N–H and O–H groups in total. The van der Waals surface area contributed by atoms with Gasteiger partial charge in [0.25, 0.3) is 0 Å². The third-order valence-electron chi connectivity index (χ3n) is 12.3. The average molecular weight is 1280 g/mol. The third kappa shape index (κ3) is 65.5. The Hall–Kier alpha value is -1.90. The molecule has 0 aliphatic carbocycles. The molecular formula is C51H107O25P5. The van der Waals surface area contributed by atoms with Crippen LogP contribution in [0.3, 0.4) is 0 Å². The van der Waals surface area contributed by atoms with Crippen LogP contribution < -0.4 is 0 Å². The lowest BCUT2D eigenvalue weighted by atomic mass is 9.91. The summed E-state index contributed by atoms with van der Waals surface area (Å²) >= 11 is 0. The first-order chi connectivity index (χ1) is 37.0. The molecule has 0 aromatic rings. The number of esters is 5. The van der Waals surface area contributed by atoms with Gasteiger partial charge >= 0.3 is 67.8 Å². The van der Waals surface area contributed by atoms with E-state index in [2.05, 4.69) is 0 Å². The molecule has 0 heterocycles. The van der Waals surface area contributed by atoms with E-state index in [4.69, 9.17) is 72.6 Å². The van der Waals surface area contributed by atoms with Gasteiger partial charge in [-0.25, -0.2) is 0 Å². The van der Waals surface area contributed by atoms with E-state index in [-0.39, 0.29) is 91.6 Å². The first-order valence-corrected chi connectivity index (χ1v) is 37.0. The van der Waals surface area contributed by atoms with Crippen molar-refractivity contribution in [2.75, 3.05) is 63.8 Å². The normalized spacial score (nSPS) is 13.1. The smallest absolute Gasteiger partial charge is 0.325 e. The largest absolute Gasteiger partial charge is 0.465 e. The molecule has 0 aromatic heterocycles. The Morgan fingerprint density at radius 2 is 0.494 bits per heavy atom. The van der Waals surface area contributed by atoms with Crippen molar-refractivity contribution in [1.29, 1.82) is 0 Å². The number of rotatable bonds is 39. The van der Waals surface area contributed by atoms with Gasteiger partial charge in [0.05, 0.1) is 61.6 Å². The fraction of sp³-hybridized carbons (Fsp3) is 0.902. The minimum atomic E-state index is -3.91. The van der Waals surface area contributed by atoms with E-state index < -0.39 is 48.8 Å². The monoisotopic (exact) mass is 1270 g/mol. The number of hydrogen-bond donors (Lipinski definition) is 10. The summed E-state index contributed by atoms with van der Waals surface area (Å²) in [5, 5.41) is 0. The fourth-order valence-corrected chi connectivity index (χ4v) is 8.44. The maximum Gasteiger partial charge on any atom is 0.325 e. The molecule has 0 rings (SSSR count). The zero-order valence-corrected chi connectivity index (χ0v) is 55.0. The lowest BCUT2D eigenvalue weighted by Crippen LogP contribution is -2.26. The standard InChI is InChI=1S/2C11H23O5P.2C10H21O5P.C9H19O5P/c1-4-11(2,3)10(12)16-8-6-5-7-9-17(13,14)15;1-3-10(2)11(12)16-8-6-4-5-7-9-17(13,14)15;1-4-10(2,3)9(11)15-7-5-6-8-16(12,13)14;1-3-9(2)10(11)15-7-5-4-6-8-16(12,13)14;1-3-8(2)9(10)14-6-4-5-7-15(11,12)13/h4-9H2,1-3H3,(H2,13,14,15);10H,3-9H2,1-2H3,(H2,13,14,15);4-8H2,1-3H3,(H2,12,13,14);9H,3-8H2,1-2H3,(H2,12,13,14);8H,3-7H2,1-2H3,(H2,11,12,13). The molecule has 0 bridgehead atoms. The van der Waals surface area contributed by atoms with E-state index in [1.165, 1.54) is 0 Å². The summed E-state index contributed by atoms with van der Waals surface area (Å²) in [7, 11) is -19.4. The molecular weight excluding hydrogens is 1170 g/mol. The van der Waals surface area contributed by atoms with Crippen LogP contribution in [0.15, 0.2) is 0 Å². The van der Waals surface area contributed by atoms with Gasteiger partial charge < -0.3 is 72.6 Å². The van der Waals surface area contributed by atoms with Crippen LogP contribution in [0, 0.1) is 28.6 Å². The molecule has 3 unspecified atom stereocenters. The van der Waals surface area contributed by atoms with Crippen LogP contribution in [-0.4, -0.2) is 143 Å². The van der Waals surface area contributed by atoms with Crippen molar-refractivity contribution in [3.63, 3.8) is 0 Å². The van der Waals surface area contributed by atoms with Crippen molar-refractivity contribution in [1.82, 2.24) is 0 Å². The number of ether oxygens (including phenoxy) is 5. The summed E-state index contributed by atoms with van der Waals surface area (Å²) in [6, 6.07) is 0. The predicted molar refractivity (Wildman–Crippen MR) is 310 cm³/mol. The van der Waals surface area contributed by atoms with Gasteiger partial charge in [-0.1, -0.05) is 68.2 Å². The van der Waals surface area contributed by atoms with Crippen LogP contribution in [0.25, 0.3) is 0 Å². The molecule has 0 amide bonds. The molecule has 0 saturated heterocycles. The van der Waals surface area contributed by atoms with Gasteiger partial charge in [0.1, 0.15) is 0 Å².